The molecule has 1 atom stereocenters. The van der Waals surface area contributed by atoms with E-state index in [1.54, 1.807) is 6.08 Å². The average Bonchev–Trinajstić information content (AvgIpc) is 3.14. The molecular formula is C24H31N3O2. The molecule has 1 N–H and O–H groups in total. The predicted molar refractivity (Wildman–Crippen MR) is 117 cm³/mol. The zero-order valence-electron chi connectivity index (χ0n) is 17.2. The van der Waals surface area contributed by atoms with Gasteiger partial charge in [-0.15, -0.1) is 0 Å². The van der Waals surface area contributed by atoms with Crippen molar-refractivity contribution in [2.75, 3.05) is 33.3 Å². The normalized spacial score (nSPS) is 16.7. The number of hydrogen-bond acceptors (Lipinski definition) is 4. The third-order valence-corrected chi connectivity index (χ3v) is 5.04. The maximum atomic E-state index is 12.4. The van der Waals surface area contributed by atoms with E-state index in [9.17, 15) is 4.79 Å². The molecule has 1 fully saturated rings. The Balaban J connectivity index is 1.38. The third kappa shape index (κ3) is 7.04. The van der Waals surface area contributed by atoms with E-state index in [4.69, 9.17) is 4.74 Å². The molecule has 0 spiro atoms. The fraction of sp³-hybridized carbons (Fsp3) is 0.375. The third-order valence-electron chi connectivity index (χ3n) is 5.04. The van der Waals surface area contributed by atoms with E-state index in [0.717, 1.165) is 43.9 Å². The first-order valence-corrected chi connectivity index (χ1v) is 10.2. The Bertz CT molecular complexity index is 776. The molecule has 3 rings (SSSR count). The smallest absolute Gasteiger partial charge is 0.234 e. The van der Waals surface area contributed by atoms with Crippen LogP contribution in [-0.4, -0.2) is 55.0 Å². The Labute approximate surface area is 174 Å². The lowest BCUT2D eigenvalue weighted by atomic mass is 10.2. The number of carbonyl (C=O) groups is 1. The lowest BCUT2D eigenvalue weighted by Crippen LogP contribution is -2.42. The molecule has 154 valence electrons. The summed E-state index contributed by atoms with van der Waals surface area (Å²) in [5, 5.41) is 3.19. The second kappa shape index (κ2) is 10.8. The number of likely N-dealkylation sites (tertiary alicyclic amines) is 1. The molecule has 1 amide bonds. The number of carbonyl (C=O) groups excluding carboxylic acids is 1. The van der Waals surface area contributed by atoms with Gasteiger partial charge < -0.3 is 10.1 Å². The van der Waals surface area contributed by atoms with Gasteiger partial charge in [0.2, 0.25) is 5.91 Å². The van der Waals surface area contributed by atoms with Gasteiger partial charge in [-0.2, -0.15) is 0 Å². The highest BCUT2D eigenvalue weighted by Gasteiger charge is 2.24. The van der Waals surface area contributed by atoms with Crippen LogP contribution < -0.4 is 10.1 Å². The summed E-state index contributed by atoms with van der Waals surface area (Å²) in [5.74, 6) is 0.917. The molecule has 0 radical (unpaired) electrons. The van der Waals surface area contributed by atoms with Gasteiger partial charge in [0.15, 0.2) is 0 Å². The molecule has 0 bridgehead atoms. The number of ether oxygens (including phenoxy) is 1. The molecule has 2 aromatic carbocycles. The molecular weight excluding hydrogens is 362 g/mol. The van der Waals surface area contributed by atoms with Crippen LogP contribution in [0.2, 0.25) is 0 Å². The number of nitrogens with one attached hydrogen (secondary N) is 1. The molecule has 0 aliphatic carbocycles. The lowest BCUT2D eigenvalue weighted by Gasteiger charge is -2.20. The van der Waals surface area contributed by atoms with E-state index in [0.29, 0.717) is 13.2 Å². The lowest BCUT2D eigenvalue weighted by molar-refractivity contribution is -0.122. The number of amides is 1. The van der Waals surface area contributed by atoms with E-state index >= 15 is 0 Å². The van der Waals surface area contributed by atoms with E-state index in [2.05, 4.69) is 41.1 Å². The van der Waals surface area contributed by atoms with Crippen LogP contribution in [0.5, 0.6) is 5.75 Å². The van der Waals surface area contributed by atoms with Crippen LogP contribution in [-0.2, 0) is 17.9 Å². The first-order valence-electron chi connectivity index (χ1n) is 10.2. The van der Waals surface area contributed by atoms with Crippen molar-refractivity contribution in [2.24, 2.45) is 0 Å². The highest BCUT2D eigenvalue weighted by atomic mass is 16.5. The SMILES string of the molecule is C=CCOc1ccc(CN(C)CC(=O)N[C@@H]2CCN(Cc3ccccc3)C2)cc1. The number of hydrogen-bond donors (Lipinski definition) is 1. The van der Waals surface area contributed by atoms with Crippen molar-refractivity contribution >= 4 is 5.91 Å². The topological polar surface area (TPSA) is 44.8 Å². The first kappa shape index (κ1) is 21.1. The van der Waals surface area contributed by atoms with Gasteiger partial charge in [-0.25, -0.2) is 0 Å². The molecule has 1 saturated heterocycles. The largest absolute Gasteiger partial charge is 0.490 e. The van der Waals surface area contributed by atoms with Crippen LogP contribution in [0.25, 0.3) is 0 Å². The van der Waals surface area contributed by atoms with Crippen LogP contribution in [0.1, 0.15) is 17.5 Å². The number of nitrogens with zero attached hydrogens (tertiary/aromatic N) is 2. The van der Waals surface area contributed by atoms with E-state index in [1.165, 1.54) is 5.56 Å². The quantitative estimate of drug-likeness (QED) is 0.630. The van der Waals surface area contributed by atoms with Crippen molar-refractivity contribution < 1.29 is 9.53 Å². The van der Waals surface area contributed by atoms with E-state index in [1.807, 2.05) is 42.3 Å². The Morgan fingerprint density at radius 2 is 1.97 bits per heavy atom. The van der Waals surface area contributed by atoms with Crippen LogP contribution >= 0.6 is 0 Å². The number of likely N-dealkylation sites (N-methyl/N-ethyl adjacent to an activating group) is 1. The summed E-state index contributed by atoms with van der Waals surface area (Å²) in [6.07, 6.45) is 2.74. The van der Waals surface area contributed by atoms with Gasteiger partial charge in [-0.05, 0) is 36.7 Å². The molecule has 1 heterocycles. The highest BCUT2D eigenvalue weighted by Crippen LogP contribution is 2.15. The monoisotopic (exact) mass is 393 g/mol. The van der Waals surface area contributed by atoms with Crippen LogP contribution in [0.4, 0.5) is 0 Å². The fourth-order valence-electron chi connectivity index (χ4n) is 3.67. The maximum Gasteiger partial charge on any atom is 0.234 e. The molecule has 5 nitrogen and oxygen atoms in total. The average molecular weight is 394 g/mol. The van der Waals surface area contributed by atoms with Crippen LogP contribution in [0, 0.1) is 0 Å². The van der Waals surface area contributed by atoms with Crippen molar-refractivity contribution in [3.8, 4) is 5.75 Å². The van der Waals surface area contributed by atoms with Gasteiger partial charge in [0.05, 0.1) is 6.54 Å². The zero-order valence-corrected chi connectivity index (χ0v) is 17.2. The molecule has 1 aliphatic rings. The zero-order chi connectivity index (χ0) is 20.5. The van der Waals surface area contributed by atoms with E-state index in [-0.39, 0.29) is 11.9 Å². The summed E-state index contributed by atoms with van der Waals surface area (Å²) < 4.78 is 5.50. The molecule has 0 saturated carbocycles. The second-order valence-corrected chi connectivity index (χ2v) is 7.69. The Kier molecular flexibility index (Phi) is 7.85. The predicted octanol–water partition coefficient (Wildman–Crippen LogP) is 3.07. The van der Waals surface area contributed by atoms with E-state index < -0.39 is 0 Å². The summed E-state index contributed by atoms with van der Waals surface area (Å²) >= 11 is 0. The number of rotatable bonds is 10. The summed E-state index contributed by atoms with van der Waals surface area (Å²) in [5.41, 5.74) is 2.47. The Morgan fingerprint density at radius 1 is 1.21 bits per heavy atom. The highest BCUT2D eigenvalue weighted by molar-refractivity contribution is 5.78. The van der Waals surface area contributed by atoms with Gasteiger partial charge in [-0.3, -0.25) is 14.6 Å². The summed E-state index contributed by atoms with van der Waals surface area (Å²) in [4.78, 5) is 16.9. The molecule has 29 heavy (non-hydrogen) atoms. The standard InChI is InChI=1S/C24H31N3O2/c1-3-15-29-23-11-9-21(10-12-23)16-26(2)19-24(28)25-22-13-14-27(18-22)17-20-7-5-4-6-8-20/h3-12,22H,1,13-19H2,2H3,(H,25,28)/t22-/m1/s1. The Hall–Kier alpha value is -2.63. The van der Waals surface area contributed by atoms with Gasteiger partial charge in [0, 0.05) is 32.2 Å². The minimum absolute atomic E-state index is 0.0880. The van der Waals surface area contributed by atoms with Gasteiger partial charge in [0.1, 0.15) is 12.4 Å². The summed E-state index contributed by atoms with van der Waals surface area (Å²) in [7, 11) is 1.97. The second-order valence-electron chi connectivity index (χ2n) is 7.69. The van der Waals surface area contributed by atoms with Crippen molar-refractivity contribution in [1.82, 2.24) is 15.1 Å². The van der Waals surface area contributed by atoms with Gasteiger partial charge in [0.25, 0.3) is 0 Å². The van der Waals surface area contributed by atoms with Gasteiger partial charge in [-0.1, -0.05) is 55.1 Å². The minimum atomic E-state index is 0.0880. The summed E-state index contributed by atoms with van der Waals surface area (Å²) in [6.45, 7) is 8.15. The fourth-order valence-corrected chi connectivity index (χ4v) is 3.67. The van der Waals surface area contributed by atoms with Crippen LogP contribution in [0.15, 0.2) is 67.3 Å². The first-order chi connectivity index (χ1) is 14.1. The molecule has 5 heteroatoms. The van der Waals surface area contributed by atoms with Crippen molar-refractivity contribution in [3.63, 3.8) is 0 Å². The summed E-state index contributed by atoms with van der Waals surface area (Å²) in [6, 6.07) is 18.7. The number of benzene rings is 2. The van der Waals surface area contributed by atoms with Gasteiger partial charge >= 0.3 is 0 Å². The molecule has 0 aromatic heterocycles. The van der Waals surface area contributed by atoms with Crippen molar-refractivity contribution in [2.45, 2.75) is 25.6 Å². The maximum absolute atomic E-state index is 12.4. The van der Waals surface area contributed by atoms with Crippen molar-refractivity contribution in [3.05, 3.63) is 78.4 Å². The molecule has 2 aromatic rings. The van der Waals surface area contributed by atoms with Crippen molar-refractivity contribution in [1.29, 1.82) is 0 Å². The molecule has 1 aliphatic heterocycles. The Morgan fingerprint density at radius 3 is 2.69 bits per heavy atom. The molecule has 0 unspecified atom stereocenters. The van der Waals surface area contributed by atoms with Crippen LogP contribution in [0.3, 0.4) is 0 Å². The minimum Gasteiger partial charge on any atom is -0.490 e.